The first-order valence-electron chi connectivity index (χ1n) is 8.00. The van der Waals surface area contributed by atoms with Gasteiger partial charge in [-0.3, -0.25) is 0 Å². The Labute approximate surface area is 150 Å². The summed E-state index contributed by atoms with van der Waals surface area (Å²) < 4.78 is 1.85. The molecule has 0 fully saturated rings. The molecule has 0 spiro atoms. The Morgan fingerprint density at radius 1 is 0.920 bits per heavy atom. The van der Waals surface area contributed by atoms with Crippen LogP contribution in [0.15, 0.2) is 84.3 Å². The summed E-state index contributed by atoms with van der Waals surface area (Å²) in [5, 5.41) is 6.41. The lowest BCUT2D eigenvalue weighted by molar-refractivity contribution is 0.893. The molecule has 0 saturated heterocycles. The van der Waals surface area contributed by atoms with Crippen LogP contribution in [0.2, 0.25) is 0 Å². The predicted octanol–water partition coefficient (Wildman–Crippen LogP) is 4.62. The lowest BCUT2D eigenvalue weighted by atomic mass is 10.2. The van der Waals surface area contributed by atoms with Crippen molar-refractivity contribution in [2.24, 2.45) is 0 Å². The minimum atomic E-state index is 0.829. The van der Waals surface area contributed by atoms with Crippen LogP contribution in [0.5, 0.6) is 0 Å². The third-order valence-corrected chi connectivity index (χ3v) is 4.71. The number of fused-ring (bicyclic) bond motifs is 1. The Hall–Kier alpha value is -2.92. The Balaban J connectivity index is 1.55. The van der Waals surface area contributed by atoms with Crippen molar-refractivity contribution < 1.29 is 0 Å². The molecule has 4 rings (SSSR count). The quantitative estimate of drug-likeness (QED) is 0.391. The average Bonchev–Trinajstić information content (AvgIpc) is 3.12. The van der Waals surface area contributed by atoms with Crippen molar-refractivity contribution in [3.63, 3.8) is 0 Å². The molecular formula is C20H16N4S. The van der Waals surface area contributed by atoms with Crippen LogP contribution < -0.4 is 0 Å². The highest BCUT2D eigenvalue weighted by molar-refractivity contribution is 7.99. The topological polar surface area (TPSA) is 43.6 Å². The normalized spacial score (nSPS) is 11.4. The summed E-state index contributed by atoms with van der Waals surface area (Å²) >= 11 is 1.69. The number of rotatable bonds is 5. The molecule has 2 aromatic heterocycles. The smallest absolute Gasteiger partial charge is 0.167 e. The summed E-state index contributed by atoms with van der Waals surface area (Å²) in [5.41, 5.74) is 3.03. The van der Waals surface area contributed by atoms with Crippen molar-refractivity contribution in [2.75, 3.05) is 5.75 Å². The van der Waals surface area contributed by atoms with Gasteiger partial charge in [-0.05, 0) is 17.7 Å². The van der Waals surface area contributed by atoms with Gasteiger partial charge in [-0.2, -0.15) is 5.10 Å². The molecule has 0 N–H and O–H groups in total. The van der Waals surface area contributed by atoms with Crippen LogP contribution in [0.1, 0.15) is 5.56 Å². The first-order valence-corrected chi connectivity index (χ1v) is 8.99. The summed E-state index contributed by atoms with van der Waals surface area (Å²) in [7, 11) is 0. The highest BCUT2D eigenvalue weighted by atomic mass is 32.2. The SMILES string of the molecule is C(=Cc1ccccc1)CSc1ncnc2c1cnn2-c1ccccc1. The van der Waals surface area contributed by atoms with Crippen molar-refractivity contribution in [2.45, 2.75) is 5.03 Å². The lowest BCUT2D eigenvalue weighted by Crippen LogP contribution is -1.97. The van der Waals surface area contributed by atoms with E-state index in [1.54, 1.807) is 18.1 Å². The molecule has 0 saturated carbocycles. The van der Waals surface area contributed by atoms with E-state index < -0.39 is 0 Å². The molecule has 0 bridgehead atoms. The number of thioether (sulfide) groups is 1. The van der Waals surface area contributed by atoms with Crippen LogP contribution >= 0.6 is 11.8 Å². The van der Waals surface area contributed by atoms with E-state index in [4.69, 9.17) is 0 Å². The molecule has 25 heavy (non-hydrogen) atoms. The molecule has 0 aliphatic rings. The number of para-hydroxylation sites is 1. The number of aromatic nitrogens is 4. The van der Waals surface area contributed by atoms with Gasteiger partial charge >= 0.3 is 0 Å². The van der Waals surface area contributed by atoms with Gasteiger partial charge in [0, 0.05) is 5.75 Å². The number of benzene rings is 2. The van der Waals surface area contributed by atoms with Gasteiger partial charge in [0.05, 0.1) is 17.3 Å². The largest absolute Gasteiger partial charge is 0.229 e. The monoisotopic (exact) mass is 344 g/mol. The highest BCUT2D eigenvalue weighted by Gasteiger charge is 2.10. The van der Waals surface area contributed by atoms with Crippen LogP contribution in [0.4, 0.5) is 0 Å². The summed E-state index contributed by atoms with van der Waals surface area (Å²) in [6, 6.07) is 20.3. The van der Waals surface area contributed by atoms with Crippen LogP contribution in [0.25, 0.3) is 22.8 Å². The zero-order valence-corrected chi connectivity index (χ0v) is 14.3. The fraction of sp³-hybridized carbons (Fsp3) is 0.0500. The second-order valence-corrected chi connectivity index (χ2v) is 6.44. The van der Waals surface area contributed by atoms with Gasteiger partial charge < -0.3 is 0 Å². The molecule has 0 amide bonds. The van der Waals surface area contributed by atoms with Gasteiger partial charge in [0.25, 0.3) is 0 Å². The Bertz CT molecular complexity index is 994. The van der Waals surface area contributed by atoms with E-state index in [2.05, 4.69) is 39.4 Å². The predicted molar refractivity (Wildman–Crippen MR) is 103 cm³/mol. The van der Waals surface area contributed by atoms with Gasteiger partial charge in [-0.25, -0.2) is 14.6 Å². The molecule has 2 heterocycles. The zero-order chi connectivity index (χ0) is 16.9. The van der Waals surface area contributed by atoms with Crippen LogP contribution in [0.3, 0.4) is 0 Å². The van der Waals surface area contributed by atoms with Crippen molar-refractivity contribution in [1.29, 1.82) is 0 Å². The van der Waals surface area contributed by atoms with Gasteiger partial charge in [-0.15, -0.1) is 11.8 Å². The standard InChI is InChI=1S/C20H16N4S/c1-3-8-16(9-4-1)10-7-13-25-20-18-14-23-24(19(18)21-15-22-20)17-11-5-2-6-12-17/h1-12,14-15H,13H2. The van der Waals surface area contributed by atoms with Crippen LogP contribution in [-0.4, -0.2) is 25.5 Å². The molecule has 5 heteroatoms. The van der Waals surface area contributed by atoms with Crippen molar-refractivity contribution >= 4 is 28.9 Å². The Kier molecular flexibility index (Phi) is 4.57. The van der Waals surface area contributed by atoms with E-state index in [0.717, 1.165) is 27.5 Å². The minimum absolute atomic E-state index is 0.829. The fourth-order valence-corrected chi connectivity index (χ4v) is 3.34. The second kappa shape index (κ2) is 7.32. The molecule has 0 unspecified atom stereocenters. The molecule has 4 nitrogen and oxygen atoms in total. The van der Waals surface area contributed by atoms with Gasteiger partial charge in [-0.1, -0.05) is 60.7 Å². The number of hydrogen-bond acceptors (Lipinski definition) is 4. The van der Waals surface area contributed by atoms with E-state index in [9.17, 15) is 0 Å². The fourth-order valence-electron chi connectivity index (χ4n) is 2.57. The number of hydrogen-bond donors (Lipinski definition) is 0. The maximum Gasteiger partial charge on any atom is 0.167 e. The molecule has 4 aromatic rings. The van der Waals surface area contributed by atoms with E-state index in [1.807, 2.05) is 59.4 Å². The van der Waals surface area contributed by atoms with Gasteiger partial charge in [0.2, 0.25) is 0 Å². The summed E-state index contributed by atoms with van der Waals surface area (Å²) in [6.07, 6.45) is 7.71. The molecule has 0 atom stereocenters. The van der Waals surface area contributed by atoms with Crippen LogP contribution in [0, 0.1) is 0 Å². The molecule has 0 aliphatic carbocycles. The summed E-state index contributed by atoms with van der Waals surface area (Å²) in [5.74, 6) is 0.845. The van der Waals surface area contributed by atoms with E-state index >= 15 is 0 Å². The molecular weight excluding hydrogens is 328 g/mol. The maximum absolute atomic E-state index is 4.48. The number of nitrogens with zero attached hydrogens (tertiary/aromatic N) is 4. The minimum Gasteiger partial charge on any atom is -0.229 e. The van der Waals surface area contributed by atoms with Crippen molar-refractivity contribution in [1.82, 2.24) is 19.7 Å². The maximum atomic E-state index is 4.48. The average molecular weight is 344 g/mol. The van der Waals surface area contributed by atoms with E-state index in [1.165, 1.54) is 5.56 Å². The van der Waals surface area contributed by atoms with Gasteiger partial charge in [0.1, 0.15) is 11.4 Å². The molecule has 0 radical (unpaired) electrons. The zero-order valence-electron chi connectivity index (χ0n) is 13.5. The van der Waals surface area contributed by atoms with E-state index in [-0.39, 0.29) is 0 Å². The Morgan fingerprint density at radius 3 is 2.48 bits per heavy atom. The third kappa shape index (κ3) is 3.46. The summed E-state index contributed by atoms with van der Waals surface area (Å²) in [4.78, 5) is 8.84. The van der Waals surface area contributed by atoms with Crippen LogP contribution in [-0.2, 0) is 0 Å². The second-order valence-electron chi connectivity index (χ2n) is 5.43. The van der Waals surface area contributed by atoms with Crippen molar-refractivity contribution in [3.8, 4) is 5.69 Å². The third-order valence-electron chi connectivity index (χ3n) is 3.76. The first-order chi connectivity index (χ1) is 12.4. The van der Waals surface area contributed by atoms with Crippen molar-refractivity contribution in [3.05, 3.63) is 84.8 Å². The van der Waals surface area contributed by atoms with Gasteiger partial charge in [0.15, 0.2) is 5.65 Å². The molecule has 2 aromatic carbocycles. The first kappa shape index (κ1) is 15.6. The van der Waals surface area contributed by atoms with E-state index in [0.29, 0.717) is 0 Å². The summed E-state index contributed by atoms with van der Waals surface area (Å²) in [6.45, 7) is 0. The molecule has 0 aliphatic heterocycles. The molecule has 122 valence electrons. The Morgan fingerprint density at radius 2 is 1.68 bits per heavy atom. The lowest BCUT2D eigenvalue weighted by Gasteiger charge is -2.03. The highest BCUT2D eigenvalue weighted by Crippen LogP contribution is 2.25.